The van der Waals surface area contributed by atoms with E-state index in [2.05, 4.69) is 21.2 Å². The molecule has 144 valence electrons. The van der Waals surface area contributed by atoms with Gasteiger partial charge in [-0.25, -0.2) is 0 Å². The zero-order valence-electron chi connectivity index (χ0n) is 15.5. The molecule has 0 saturated carbocycles. The largest absolute Gasteiger partial charge is 0.484 e. The fourth-order valence-electron chi connectivity index (χ4n) is 2.99. The van der Waals surface area contributed by atoms with Gasteiger partial charge in [0.15, 0.2) is 6.61 Å². The second-order valence-corrected chi connectivity index (χ2v) is 7.25. The van der Waals surface area contributed by atoms with Gasteiger partial charge in [0, 0.05) is 27.2 Å². The number of primary amides is 1. The summed E-state index contributed by atoms with van der Waals surface area (Å²) in [4.78, 5) is 23.5. The highest BCUT2D eigenvalue weighted by Gasteiger charge is 2.17. The molecular weight excluding hydrogens is 422 g/mol. The average Bonchev–Trinajstić information content (AvgIpc) is 2.95. The molecule has 2 amide bonds. The molecule has 0 fully saturated rings. The third-order valence-electron chi connectivity index (χ3n) is 4.24. The number of amides is 2. The number of rotatable bonds is 6. The fraction of sp³-hybridized carbons (Fsp3) is 0.143. The summed E-state index contributed by atoms with van der Waals surface area (Å²) < 4.78 is 8.23. The second-order valence-electron chi connectivity index (χ2n) is 6.33. The number of aryl methyl sites for hydroxylation is 1. The van der Waals surface area contributed by atoms with E-state index in [0.717, 1.165) is 21.5 Å². The van der Waals surface area contributed by atoms with Crippen LogP contribution in [0.3, 0.4) is 0 Å². The molecule has 2 aromatic carbocycles. The van der Waals surface area contributed by atoms with Gasteiger partial charge in [0.1, 0.15) is 5.75 Å². The van der Waals surface area contributed by atoms with Crippen LogP contribution in [0.15, 0.2) is 59.1 Å². The van der Waals surface area contributed by atoms with E-state index in [9.17, 15) is 9.59 Å². The Morgan fingerprint density at radius 3 is 2.46 bits per heavy atom. The van der Waals surface area contributed by atoms with Crippen molar-refractivity contribution < 1.29 is 14.3 Å². The molecule has 7 heteroatoms. The van der Waals surface area contributed by atoms with Crippen molar-refractivity contribution in [3.05, 3.63) is 76.0 Å². The molecule has 0 aliphatic rings. The first-order valence-electron chi connectivity index (χ1n) is 8.62. The lowest BCUT2D eigenvalue weighted by Gasteiger charge is -2.11. The number of carbonyl (C=O) groups is 2. The van der Waals surface area contributed by atoms with Gasteiger partial charge in [-0.1, -0.05) is 22.0 Å². The van der Waals surface area contributed by atoms with Gasteiger partial charge in [0.2, 0.25) is 0 Å². The van der Waals surface area contributed by atoms with Crippen LogP contribution in [0.1, 0.15) is 21.7 Å². The number of hydrogen-bond acceptors (Lipinski definition) is 3. The highest BCUT2D eigenvalue weighted by atomic mass is 79.9. The zero-order chi connectivity index (χ0) is 20.3. The summed E-state index contributed by atoms with van der Waals surface area (Å²) in [6.45, 7) is 3.70. The minimum atomic E-state index is -0.543. The first-order chi connectivity index (χ1) is 13.3. The molecule has 3 N–H and O–H groups in total. The Morgan fingerprint density at radius 1 is 1.11 bits per heavy atom. The first kappa shape index (κ1) is 19.7. The van der Waals surface area contributed by atoms with Crippen LogP contribution in [0.25, 0.3) is 5.69 Å². The van der Waals surface area contributed by atoms with Crippen molar-refractivity contribution in [1.82, 2.24) is 4.57 Å². The summed E-state index contributed by atoms with van der Waals surface area (Å²) >= 11 is 3.48. The van der Waals surface area contributed by atoms with Gasteiger partial charge in [0.25, 0.3) is 11.8 Å². The summed E-state index contributed by atoms with van der Waals surface area (Å²) in [7, 11) is 0. The molecule has 1 heterocycles. The third-order valence-corrected chi connectivity index (χ3v) is 4.73. The van der Waals surface area contributed by atoms with Crippen LogP contribution in [0, 0.1) is 13.8 Å². The quantitative estimate of drug-likeness (QED) is 0.606. The Kier molecular flexibility index (Phi) is 5.84. The second kappa shape index (κ2) is 8.31. The van der Waals surface area contributed by atoms with Crippen molar-refractivity contribution in [2.45, 2.75) is 13.8 Å². The highest BCUT2D eigenvalue weighted by Crippen LogP contribution is 2.24. The number of nitrogens with zero attached hydrogens (tertiary/aromatic N) is 1. The van der Waals surface area contributed by atoms with Crippen LogP contribution >= 0.6 is 15.9 Å². The summed E-state index contributed by atoms with van der Waals surface area (Å²) in [5.74, 6) is -0.233. The van der Waals surface area contributed by atoms with Crippen molar-refractivity contribution in [1.29, 1.82) is 0 Å². The molecule has 0 spiro atoms. The van der Waals surface area contributed by atoms with Crippen LogP contribution in [0.2, 0.25) is 0 Å². The molecule has 0 atom stereocenters. The van der Waals surface area contributed by atoms with Crippen LogP contribution < -0.4 is 15.8 Å². The van der Waals surface area contributed by atoms with E-state index in [1.165, 1.54) is 0 Å². The molecule has 0 saturated heterocycles. The predicted molar refractivity (Wildman–Crippen MR) is 112 cm³/mol. The summed E-state index contributed by atoms with van der Waals surface area (Å²) in [5, 5.41) is 2.89. The molecule has 0 bridgehead atoms. The number of anilines is 1. The van der Waals surface area contributed by atoms with E-state index in [1.807, 2.05) is 48.7 Å². The molecule has 0 aliphatic carbocycles. The Balaban J connectivity index is 1.78. The van der Waals surface area contributed by atoms with Crippen molar-refractivity contribution >= 4 is 33.4 Å². The van der Waals surface area contributed by atoms with E-state index < -0.39 is 5.91 Å². The number of ether oxygens (including phenoxy) is 1. The maximum Gasteiger partial charge on any atom is 0.257 e. The van der Waals surface area contributed by atoms with Gasteiger partial charge in [-0.15, -0.1) is 0 Å². The molecular formula is C21H20BrN3O3. The van der Waals surface area contributed by atoms with E-state index in [-0.39, 0.29) is 12.5 Å². The smallest absolute Gasteiger partial charge is 0.257 e. The van der Waals surface area contributed by atoms with Crippen molar-refractivity contribution in [2.75, 3.05) is 11.9 Å². The number of hydrogen-bond donors (Lipinski definition) is 2. The van der Waals surface area contributed by atoms with E-state index >= 15 is 0 Å². The van der Waals surface area contributed by atoms with Gasteiger partial charge in [-0.3, -0.25) is 9.59 Å². The SMILES string of the molecule is Cc1cc(C(=O)Nc2ccc(OCC(N)=O)cc2)c(C)n1-c1cccc(Br)c1. The third kappa shape index (κ3) is 4.43. The topological polar surface area (TPSA) is 86.3 Å². The van der Waals surface area contributed by atoms with Gasteiger partial charge >= 0.3 is 0 Å². The predicted octanol–water partition coefficient (Wildman–Crippen LogP) is 3.97. The van der Waals surface area contributed by atoms with Gasteiger partial charge in [-0.2, -0.15) is 0 Å². The van der Waals surface area contributed by atoms with Crippen LogP contribution in [-0.2, 0) is 4.79 Å². The van der Waals surface area contributed by atoms with Crippen LogP contribution in [0.5, 0.6) is 5.75 Å². The minimum absolute atomic E-state index is 0.187. The van der Waals surface area contributed by atoms with Gasteiger partial charge < -0.3 is 20.4 Å². The number of carbonyl (C=O) groups excluding carboxylic acids is 2. The Morgan fingerprint density at radius 2 is 1.82 bits per heavy atom. The number of benzene rings is 2. The Hall–Kier alpha value is -3.06. The maximum atomic E-state index is 12.8. The number of nitrogens with one attached hydrogen (secondary N) is 1. The number of halogens is 1. The first-order valence-corrected chi connectivity index (χ1v) is 9.42. The van der Waals surface area contributed by atoms with Gasteiger partial charge in [-0.05, 0) is 62.4 Å². The molecule has 3 aromatic rings. The number of aromatic nitrogens is 1. The van der Waals surface area contributed by atoms with E-state index in [1.54, 1.807) is 24.3 Å². The Bertz CT molecular complexity index is 1030. The molecule has 28 heavy (non-hydrogen) atoms. The van der Waals surface area contributed by atoms with E-state index in [0.29, 0.717) is 17.0 Å². The summed E-state index contributed by atoms with van der Waals surface area (Å²) in [5.41, 5.74) is 9.10. The molecule has 0 aliphatic heterocycles. The lowest BCUT2D eigenvalue weighted by Crippen LogP contribution is -2.20. The van der Waals surface area contributed by atoms with Gasteiger partial charge in [0.05, 0.1) is 5.56 Å². The number of nitrogens with two attached hydrogens (primary N) is 1. The normalized spacial score (nSPS) is 10.5. The van der Waals surface area contributed by atoms with Crippen molar-refractivity contribution in [2.24, 2.45) is 5.73 Å². The zero-order valence-corrected chi connectivity index (χ0v) is 17.1. The van der Waals surface area contributed by atoms with Crippen LogP contribution in [-0.4, -0.2) is 23.0 Å². The lowest BCUT2D eigenvalue weighted by atomic mass is 10.2. The standard InChI is InChI=1S/C21H20BrN3O3/c1-13-10-19(14(2)25(13)17-5-3-4-15(22)11-17)21(27)24-16-6-8-18(9-7-16)28-12-20(23)26/h3-11H,12H2,1-2H3,(H2,23,26)(H,24,27). The fourth-order valence-corrected chi connectivity index (χ4v) is 3.38. The summed E-state index contributed by atoms with van der Waals surface area (Å²) in [6, 6.07) is 16.6. The average molecular weight is 442 g/mol. The minimum Gasteiger partial charge on any atom is -0.484 e. The molecule has 0 radical (unpaired) electrons. The van der Waals surface area contributed by atoms with Crippen molar-refractivity contribution in [3.63, 3.8) is 0 Å². The lowest BCUT2D eigenvalue weighted by molar-refractivity contribution is -0.119. The molecule has 3 rings (SSSR count). The summed E-state index contributed by atoms with van der Waals surface area (Å²) in [6.07, 6.45) is 0. The maximum absolute atomic E-state index is 12.8. The molecule has 0 unspecified atom stereocenters. The Labute approximate surface area is 171 Å². The molecule has 1 aromatic heterocycles. The van der Waals surface area contributed by atoms with Crippen LogP contribution in [0.4, 0.5) is 5.69 Å². The molecule has 6 nitrogen and oxygen atoms in total. The van der Waals surface area contributed by atoms with E-state index in [4.69, 9.17) is 10.5 Å². The van der Waals surface area contributed by atoms with Crippen molar-refractivity contribution in [3.8, 4) is 11.4 Å². The highest BCUT2D eigenvalue weighted by molar-refractivity contribution is 9.10. The monoisotopic (exact) mass is 441 g/mol.